The van der Waals surface area contributed by atoms with Crippen LogP contribution in [-0.4, -0.2) is 29.2 Å². The van der Waals surface area contributed by atoms with Gasteiger partial charge in [-0.25, -0.2) is 4.39 Å². The normalized spacial score (nSPS) is 19.5. The summed E-state index contributed by atoms with van der Waals surface area (Å²) < 4.78 is 13.3. The number of ketones is 1. The predicted octanol–water partition coefficient (Wildman–Crippen LogP) is 3.19. The fourth-order valence-electron chi connectivity index (χ4n) is 2.78. The fourth-order valence-corrected chi connectivity index (χ4v) is 2.78. The Bertz CT molecular complexity index is 501. The Hall–Kier alpha value is -1.71. The lowest BCUT2D eigenvalue weighted by atomic mass is 10.0. The zero-order valence-corrected chi connectivity index (χ0v) is 11.8. The highest BCUT2D eigenvalue weighted by Crippen LogP contribution is 2.22. The van der Waals surface area contributed by atoms with Crippen LogP contribution in [0, 0.1) is 5.82 Å². The number of halogens is 1. The Kier molecular flexibility index (Phi) is 4.88. The molecule has 1 aliphatic heterocycles. The van der Waals surface area contributed by atoms with Crippen LogP contribution in [0.25, 0.3) is 0 Å². The summed E-state index contributed by atoms with van der Waals surface area (Å²) in [5.74, 6) is -0.486. The van der Waals surface area contributed by atoms with E-state index in [2.05, 4.69) is 0 Å². The molecule has 1 aliphatic rings. The van der Waals surface area contributed by atoms with E-state index < -0.39 is 5.82 Å². The van der Waals surface area contributed by atoms with Crippen molar-refractivity contribution in [2.75, 3.05) is 6.54 Å². The smallest absolute Gasteiger partial charge is 0.254 e. The van der Waals surface area contributed by atoms with Crippen LogP contribution in [0.5, 0.6) is 0 Å². The molecule has 1 amide bonds. The molecule has 3 nitrogen and oxygen atoms in total. The molecule has 0 saturated carbocycles. The first kappa shape index (κ1) is 14.7. The Labute approximate surface area is 118 Å². The number of rotatable bonds is 3. The van der Waals surface area contributed by atoms with Crippen molar-refractivity contribution in [3.05, 3.63) is 35.6 Å². The predicted molar refractivity (Wildman–Crippen MR) is 75.0 cm³/mol. The molecule has 0 aromatic heterocycles. The molecule has 108 valence electrons. The molecule has 1 aromatic rings. The Morgan fingerprint density at radius 2 is 2.10 bits per heavy atom. The minimum Gasteiger partial charge on any atom is -0.335 e. The van der Waals surface area contributed by atoms with Gasteiger partial charge in [0.05, 0.1) is 0 Å². The van der Waals surface area contributed by atoms with Crippen LogP contribution >= 0.6 is 0 Å². The van der Waals surface area contributed by atoms with Crippen LogP contribution in [0.3, 0.4) is 0 Å². The van der Waals surface area contributed by atoms with Gasteiger partial charge in [0, 0.05) is 24.6 Å². The standard InChI is InChI=1S/C16H20FNO2/c1-12(19)10-15-8-3-2-4-9-18(15)16(20)13-6-5-7-14(17)11-13/h5-7,11,15H,2-4,8-10H2,1H3. The second kappa shape index (κ2) is 6.64. The van der Waals surface area contributed by atoms with Crippen LogP contribution < -0.4 is 0 Å². The van der Waals surface area contributed by atoms with Gasteiger partial charge in [0.25, 0.3) is 5.91 Å². The number of carbonyl (C=O) groups excluding carboxylic acids is 2. The zero-order chi connectivity index (χ0) is 14.5. The van der Waals surface area contributed by atoms with E-state index in [1.807, 2.05) is 0 Å². The molecule has 0 N–H and O–H groups in total. The Balaban J connectivity index is 2.21. The van der Waals surface area contributed by atoms with E-state index in [-0.39, 0.29) is 17.7 Å². The lowest BCUT2D eigenvalue weighted by Crippen LogP contribution is -2.41. The number of Topliss-reactive ketones (excluding diaryl/α,β-unsaturated/α-hetero) is 1. The van der Waals surface area contributed by atoms with E-state index in [9.17, 15) is 14.0 Å². The monoisotopic (exact) mass is 277 g/mol. The van der Waals surface area contributed by atoms with Gasteiger partial charge < -0.3 is 4.90 Å². The molecule has 1 atom stereocenters. The van der Waals surface area contributed by atoms with Gasteiger partial charge in [0.1, 0.15) is 11.6 Å². The van der Waals surface area contributed by atoms with Crippen molar-refractivity contribution >= 4 is 11.7 Å². The van der Waals surface area contributed by atoms with Crippen molar-refractivity contribution in [1.29, 1.82) is 0 Å². The molecule has 1 aromatic carbocycles. The maximum absolute atomic E-state index is 13.3. The summed E-state index contributed by atoms with van der Waals surface area (Å²) in [6.45, 7) is 2.20. The number of nitrogens with zero attached hydrogens (tertiary/aromatic N) is 1. The molecular formula is C16H20FNO2. The summed E-state index contributed by atoms with van der Waals surface area (Å²) in [4.78, 5) is 25.7. The first-order valence-electron chi connectivity index (χ1n) is 7.14. The van der Waals surface area contributed by atoms with Crippen LogP contribution in [0.15, 0.2) is 24.3 Å². The molecule has 0 aliphatic carbocycles. The van der Waals surface area contributed by atoms with Gasteiger partial charge in [-0.15, -0.1) is 0 Å². The van der Waals surface area contributed by atoms with Gasteiger partial charge in [-0.3, -0.25) is 9.59 Å². The Morgan fingerprint density at radius 3 is 2.80 bits per heavy atom. The summed E-state index contributed by atoms with van der Waals surface area (Å²) >= 11 is 0. The van der Waals surface area contributed by atoms with E-state index in [1.165, 1.54) is 12.1 Å². The second-order valence-electron chi connectivity index (χ2n) is 5.42. The highest BCUT2D eigenvalue weighted by Gasteiger charge is 2.27. The van der Waals surface area contributed by atoms with Crippen molar-refractivity contribution in [1.82, 2.24) is 4.90 Å². The lowest BCUT2D eigenvalue weighted by Gasteiger charge is -2.29. The fraction of sp³-hybridized carbons (Fsp3) is 0.500. The zero-order valence-electron chi connectivity index (χ0n) is 11.8. The topological polar surface area (TPSA) is 37.4 Å². The number of benzene rings is 1. The minimum absolute atomic E-state index is 0.0502. The molecule has 2 rings (SSSR count). The quantitative estimate of drug-likeness (QED) is 0.851. The van der Waals surface area contributed by atoms with E-state index in [1.54, 1.807) is 24.0 Å². The third-order valence-electron chi connectivity index (χ3n) is 3.73. The molecule has 4 heteroatoms. The van der Waals surface area contributed by atoms with Crippen LogP contribution in [0.2, 0.25) is 0 Å². The van der Waals surface area contributed by atoms with E-state index in [0.29, 0.717) is 18.5 Å². The minimum atomic E-state index is -0.409. The molecule has 0 radical (unpaired) electrons. The first-order valence-corrected chi connectivity index (χ1v) is 7.14. The molecule has 1 unspecified atom stereocenters. The summed E-state index contributed by atoms with van der Waals surface area (Å²) in [5, 5.41) is 0. The first-order chi connectivity index (χ1) is 9.58. The van der Waals surface area contributed by atoms with Crippen LogP contribution in [0.4, 0.5) is 4.39 Å². The average molecular weight is 277 g/mol. The van der Waals surface area contributed by atoms with E-state index in [0.717, 1.165) is 25.7 Å². The number of hydrogen-bond donors (Lipinski definition) is 0. The number of likely N-dealkylation sites (tertiary alicyclic amines) is 1. The highest BCUT2D eigenvalue weighted by atomic mass is 19.1. The van der Waals surface area contributed by atoms with Crippen molar-refractivity contribution in [3.63, 3.8) is 0 Å². The molecule has 0 bridgehead atoms. The van der Waals surface area contributed by atoms with Crippen molar-refractivity contribution < 1.29 is 14.0 Å². The molecule has 1 heterocycles. The number of amides is 1. The maximum atomic E-state index is 13.3. The van der Waals surface area contributed by atoms with Crippen molar-refractivity contribution in [3.8, 4) is 0 Å². The van der Waals surface area contributed by atoms with E-state index >= 15 is 0 Å². The van der Waals surface area contributed by atoms with Gasteiger partial charge in [0.15, 0.2) is 0 Å². The summed E-state index contributed by atoms with van der Waals surface area (Å²) in [6, 6.07) is 5.71. The van der Waals surface area contributed by atoms with Gasteiger partial charge in [-0.2, -0.15) is 0 Å². The molecule has 0 spiro atoms. The van der Waals surface area contributed by atoms with Crippen LogP contribution in [0.1, 0.15) is 49.4 Å². The van der Waals surface area contributed by atoms with Crippen molar-refractivity contribution in [2.24, 2.45) is 0 Å². The summed E-state index contributed by atoms with van der Waals surface area (Å²) in [5.41, 5.74) is 0.362. The average Bonchev–Trinajstić information content (AvgIpc) is 2.63. The van der Waals surface area contributed by atoms with Gasteiger partial charge >= 0.3 is 0 Å². The molecule has 20 heavy (non-hydrogen) atoms. The summed E-state index contributed by atoms with van der Waals surface area (Å²) in [6.07, 6.45) is 4.28. The third-order valence-corrected chi connectivity index (χ3v) is 3.73. The summed E-state index contributed by atoms with van der Waals surface area (Å²) in [7, 11) is 0. The molecule has 1 fully saturated rings. The third kappa shape index (κ3) is 3.65. The van der Waals surface area contributed by atoms with Gasteiger partial charge in [0.2, 0.25) is 0 Å². The van der Waals surface area contributed by atoms with Gasteiger partial charge in [-0.05, 0) is 38.0 Å². The Morgan fingerprint density at radius 1 is 1.30 bits per heavy atom. The number of hydrogen-bond acceptors (Lipinski definition) is 2. The van der Waals surface area contributed by atoms with Gasteiger partial charge in [-0.1, -0.05) is 18.9 Å². The van der Waals surface area contributed by atoms with Crippen molar-refractivity contribution in [2.45, 2.75) is 45.1 Å². The molecule has 1 saturated heterocycles. The van der Waals surface area contributed by atoms with E-state index in [4.69, 9.17) is 0 Å². The SMILES string of the molecule is CC(=O)CC1CCCCCN1C(=O)c1cccc(F)c1. The maximum Gasteiger partial charge on any atom is 0.254 e. The number of carbonyl (C=O) groups is 2. The highest BCUT2D eigenvalue weighted by molar-refractivity contribution is 5.94. The van der Waals surface area contributed by atoms with Crippen LogP contribution in [-0.2, 0) is 4.79 Å². The lowest BCUT2D eigenvalue weighted by molar-refractivity contribution is -0.118. The largest absolute Gasteiger partial charge is 0.335 e. The second-order valence-corrected chi connectivity index (χ2v) is 5.42. The molecular weight excluding hydrogens is 257 g/mol.